The third kappa shape index (κ3) is 7.42. The Labute approximate surface area is 181 Å². The maximum Gasteiger partial charge on any atom is 0.490 e. The fourth-order valence-electron chi connectivity index (χ4n) is 2.89. The predicted octanol–water partition coefficient (Wildman–Crippen LogP) is 3.93. The molecule has 3 N–H and O–H groups in total. The highest BCUT2D eigenvalue weighted by molar-refractivity contribution is 7.18. The van der Waals surface area contributed by atoms with Crippen LogP contribution in [0.3, 0.4) is 0 Å². The number of aliphatic carboxylic acids is 1. The van der Waals surface area contributed by atoms with Crippen molar-refractivity contribution in [3.63, 3.8) is 0 Å². The molecular weight excluding hydrogens is 435 g/mol. The van der Waals surface area contributed by atoms with Gasteiger partial charge < -0.3 is 20.5 Å². The van der Waals surface area contributed by atoms with E-state index in [9.17, 15) is 18.0 Å². The van der Waals surface area contributed by atoms with Crippen molar-refractivity contribution >= 4 is 28.3 Å². The molecule has 31 heavy (non-hydrogen) atoms. The van der Waals surface area contributed by atoms with E-state index < -0.39 is 12.1 Å². The number of nitrogens with zero attached hydrogens (tertiary/aromatic N) is 2. The van der Waals surface area contributed by atoms with E-state index >= 15 is 0 Å². The van der Waals surface area contributed by atoms with Crippen LogP contribution in [-0.2, 0) is 9.59 Å². The number of hydrogen-bond donors (Lipinski definition) is 2. The zero-order valence-electron chi connectivity index (χ0n) is 17.1. The summed E-state index contributed by atoms with van der Waals surface area (Å²) in [5.74, 6) is -2.06. The Hall–Kier alpha value is -2.82. The Morgan fingerprint density at radius 1 is 1.29 bits per heavy atom. The highest BCUT2D eigenvalue weighted by Crippen LogP contribution is 2.34. The molecule has 7 nitrogen and oxygen atoms in total. The largest absolute Gasteiger partial charge is 0.491 e. The summed E-state index contributed by atoms with van der Waals surface area (Å²) in [6, 6.07) is 8.10. The van der Waals surface area contributed by atoms with Gasteiger partial charge in [0.2, 0.25) is 5.91 Å². The molecule has 1 saturated heterocycles. The molecule has 1 aromatic carbocycles. The molecule has 3 rings (SSSR count). The second-order valence-electron chi connectivity index (χ2n) is 7.17. The number of carboxylic acids is 1. The Bertz CT molecular complexity index is 894. The number of piperidine rings is 1. The van der Waals surface area contributed by atoms with E-state index in [0.717, 1.165) is 47.3 Å². The average molecular weight is 459 g/mol. The minimum atomic E-state index is -5.08. The lowest BCUT2D eigenvalue weighted by molar-refractivity contribution is -0.192. The lowest BCUT2D eigenvalue weighted by Crippen LogP contribution is -2.38. The number of alkyl halides is 3. The number of rotatable bonds is 5. The predicted molar refractivity (Wildman–Crippen MR) is 111 cm³/mol. The van der Waals surface area contributed by atoms with Crippen molar-refractivity contribution in [1.29, 1.82) is 0 Å². The van der Waals surface area contributed by atoms with Crippen molar-refractivity contribution in [2.45, 2.75) is 39.0 Å². The number of anilines is 1. The van der Waals surface area contributed by atoms with Gasteiger partial charge in [-0.15, -0.1) is 0 Å². The molecule has 0 bridgehead atoms. The first-order valence-corrected chi connectivity index (χ1v) is 10.4. The van der Waals surface area contributed by atoms with Gasteiger partial charge in [0.1, 0.15) is 5.75 Å². The molecule has 0 spiro atoms. The van der Waals surface area contributed by atoms with Gasteiger partial charge >= 0.3 is 12.1 Å². The Morgan fingerprint density at radius 2 is 1.90 bits per heavy atom. The molecule has 2 heterocycles. The molecule has 0 unspecified atom stereocenters. The summed E-state index contributed by atoms with van der Waals surface area (Å²) in [6.45, 7) is 5.70. The molecule has 2 aromatic rings. The SMILES string of the molecule is CC(C)Oc1cccc(-c2cnc(N3CCC(C(N)=O)CC3)s2)c1.O=C(O)C(F)(F)F. The second kappa shape index (κ2) is 10.5. The van der Waals surface area contributed by atoms with Crippen molar-refractivity contribution in [3.05, 3.63) is 30.5 Å². The zero-order valence-corrected chi connectivity index (χ0v) is 17.9. The summed E-state index contributed by atoms with van der Waals surface area (Å²) in [6.07, 6.45) is -1.40. The molecule has 1 aliphatic rings. The van der Waals surface area contributed by atoms with Gasteiger partial charge in [-0.2, -0.15) is 13.2 Å². The first kappa shape index (κ1) is 24.4. The van der Waals surface area contributed by atoms with Crippen LogP contribution in [0.5, 0.6) is 5.75 Å². The number of benzene rings is 1. The van der Waals surface area contributed by atoms with Crippen LogP contribution in [0.25, 0.3) is 10.4 Å². The van der Waals surface area contributed by atoms with Gasteiger partial charge in [0.25, 0.3) is 0 Å². The van der Waals surface area contributed by atoms with Crippen LogP contribution in [0.2, 0.25) is 0 Å². The quantitative estimate of drug-likeness (QED) is 0.702. The number of hydrogen-bond acceptors (Lipinski definition) is 6. The van der Waals surface area contributed by atoms with Crippen LogP contribution < -0.4 is 15.4 Å². The minimum absolute atomic E-state index is 0.00514. The number of carbonyl (C=O) groups is 2. The van der Waals surface area contributed by atoms with Crippen LogP contribution in [0, 0.1) is 5.92 Å². The Kier molecular flexibility index (Phi) is 8.26. The van der Waals surface area contributed by atoms with Gasteiger partial charge in [0.05, 0.1) is 11.0 Å². The molecule has 1 amide bonds. The first-order valence-electron chi connectivity index (χ1n) is 9.54. The number of carboxylic acid groups (broad SMARTS) is 1. The molecule has 1 aromatic heterocycles. The standard InChI is InChI=1S/C18H23N3O2S.C2HF3O2/c1-12(2)23-15-5-3-4-14(10-15)16-11-20-18(24-16)21-8-6-13(7-9-21)17(19)22;3-2(4,5)1(6)7/h3-5,10-13H,6-9H2,1-2H3,(H2,19,22);(H,6,7). The van der Waals surface area contributed by atoms with Gasteiger partial charge in [-0.3, -0.25) is 4.79 Å². The van der Waals surface area contributed by atoms with Crippen LogP contribution in [0.15, 0.2) is 30.5 Å². The van der Waals surface area contributed by atoms with E-state index in [1.165, 1.54) is 0 Å². The van der Waals surface area contributed by atoms with E-state index in [1.54, 1.807) is 11.3 Å². The lowest BCUT2D eigenvalue weighted by Gasteiger charge is -2.30. The maximum absolute atomic E-state index is 11.3. The highest BCUT2D eigenvalue weighted by atomic mass is 32.1. The molecule has 1 aliphatic heterocycles. The minimum Gasteiger partial charge on any atom is -0.491 e. The smallest absolute Gasteiger partial charge is 0.490 e. The number of thiazole rings is 1. The summed E-state index contributed by atoms with van der Waals surface area (Å²) in [5, 5.41) is 8.13. The molecule has 0 radical (unpaired) electrons. The summed E-state index contributed by atoms with van der Waals surface area (Å²) < 4.78 is 37.5. The van der Waals surface area contributed by atoms with Crippen molar-refractivity contribution in [2.24, 2.45) is 11.7 Å². The normalized spacial score (nSPS) is 14.7. The van der Waals surface area contributed by atoms with Crippen LogP contribution >= 0.6 is 11.3 Å². The van der Waals surface area contributed by atoms with Crippen LogP contribution in [-0.4, -0.2) is 47.3 Å². The zero-order chi connectivity index (χ0) is 23.2. The molecule has 1 fully saturated rings. The highest BCUT2D eigenvalue weighted by Gasteiger charge is 2.38. The van der Waals surface area contributed by atoms with E-state index in [4.69, 9.17) is 20.4 Å². The Morgan fingerprint density at radius 3 is 2.42 bits per heavy atom. The molecule has 11 heteroatoms. The number of ether oxygens (including phenoxy) is 1. The third-order valence-corrected chi connectivity index (χ3v) is 5.50. The summed E-state index contributed by atoms with van der Waals surface area (Å²) in [5.41, 5.74) is 6.51. The van der Waals surface area contributed by atoms with E-state index in [2.05, 4.69) is 22.0 Å². The van der Waals surface area contributed by atoms with Crippen molar-refractivity contribution < 1.29 is 32.6 Å². The third-order valence-electron chi connectivity index (χ3n) is 4.39. The number of nitrogens with two attached hydrogens (primary N) is 1. The fraction of sp³-hybridized carbons (Fsp3) is 0.450. The number of halogens is 3. The summed E-state index contributed by atoms with van der Waals surface area (Å²) >= 11 is 1.67. The first-order chi connectivity index (χ1) is 14.5. The average Bonchev–Trinajstić information content (AvgIpc) is 3.18. The molecular formula is C20H24F3N3O4S. The molecule has 0 saturated carbocycles. The van der Waals surface area contributed by atoms with Crippen molar-refractivity contribution in [3.8, 4) is 16.2 Å². The number of amides is 1. The van der Waals surface area contributed by atoms with E-state index in [-0.39, 0.29) is 17.9 Å². The van der Waals surface area contributed by atoms with E-state index in [1.807, 2.05) is 32.2 Å². The number of primary amides is 1. The Balaban J connectivity index is 0.000000423. The molecule has 0 atom stereocenters. The monoisotopic (exact) mass is 459 g/mol. The van der Waals surface area contributed by atoms with Gasteiger partial charge in [-0.25, -0.2) is 9.78 Å². The molecule has 0 aliphatic carbocycles. The summed E-state index contributed by atoms with van der Waals surface area (Å²) in [4.78, 5) is 28.1. The van der Waals surface area contributed by atoms with Gasteiger partial charge in [-0.05, 0) is 44.4 Å². The fourth-order valence-corrected chi connectivity index (χ4v) is 3.86. The number of carbonyl (C=O) groups excluding carboxylic acids is 1. The lowest BCUT2D eigenvalue weighted by atomic mass is 9.97. The number of aromatic nitrogens is 1. The van der Waals surface area contributed by atoms with Gasteiger partial charge in [-0.1, -0.05) is 23.5 Å². The van der Waals surface area contributed by atoms with Crippen molar-refractivity contribution in [1.82, 2.24) is 4.98 Å². The molecule has 170 valence electrons. The van der Waals surface area contributed by atoms with Crippen LogP contribution in [0.4, 0.5) is 18.3 Å². The van der Waals surface area contributed by atoms with Gasteiger partial charge in [0.15, 0.2) is 5.13 Å². The van der Waals surface area contributed by atoms with E-state index in [0.29, 0.717) is 0 Å². The summed E-state index contributed by atoms with van der Waals surface area (Å²) in [7, 11) is 0. The van der Waals surface area contributed by atoms with Crippen molar-refractivity contribution in [2.75, 3.05) is 18.0 Å². The van der Waals surface area contributed by atoms with Gasteiger partial charge in [0, 0.05) is 25.2 Å². The maximum atomic E-state index is 11.3. The second-order valence-corrected chi connectivity index (χ2v) is 8.18. The van der Waals surface area contributed by atoms with Crippen LogP contribution in [0.1, 0.15) is 26.7 Å². The topological polar surface area (TPSA) is 106 Å².